The normalized spacial score (nSPS) is 10.4. The van der Waals surface area contributed by atoms with Crippen LogP contribution in [0.25, 0.3) is 5.69 Å². The van der Waals surface area contributed by atoms with Gasteiger partial charge in [0.1, 0.15) is 5.69 Å². The minimum atomic E-state index is -0.127. The fourth-order valence-electron chi connectivity index (χ4n) is 1.77. The molecule has 2 rings (SSSR count). The van der Waals surface area contributed by atoms with Crippen LogP contribution >= 0.6 is 0 Å². The Balaban J connectivity index is 2.05. The zero-order valence-corrected chi connectivity index (χ0v) is 10.9. The van der Waals surface area contributed by atoms with Crippen LogP contribution in [0.1, 0.15) is 16.9 Å². The van der Waals surface area contributed by atoms with Crippen molar-refractivity contribution >= 4 is 5.91 Å². The molecular formula is C14H17N3O2. The number of nitrogens with zero attached hydrogens (tertiary/aromatic N) is 2. The zero-order chi connectivity index (χ0) is 13.5. The highest BCUT2D eigenvalue weighted by atomic mass is 16.5. The van der Waals surface area contributed by atoms with Gasteiger partial charge in [-0.1, -0.05) is 18.2 Å². The molecule has 0 spiro atoms. The predicted octanol–water partition coefficient (Wildman–Crippen LogP) is 1.64. The second-order valence-electron chi connectivity index (χ2n) is 4.09. The first-order valence-corrected chi connectivity index (χ1v) is 6.18. The van der Waals surface area contributed by atoms with Crippen LogP contribution in [0.2, 0.25) is 0 Å². The molecule has 0 radical (unpaired) electrons. The molecule has 100 valence electrons. The van der Waals surface area contributed by atoms with Gasteiger partial charge in [0, 0.05) is 25.9 Å². The number of carbonyl (C=O) groups is 1. The van der Waals surface area contributed by atoms with E-state index >= 15 is 0 Å². The Kier molecular flexibility index (Phi) is 4.69. The number of amides is 1. The Hall–Kier alpha value is -2.14. The van der Waals surface area contributed by atoms with Gasteiger partial charge in [-0.25, -0.2) is 4.98 Å². The fourth-order valence-corrected chi connectivity index (χ4v) is 1.77. The topological polar surface area (TPSA) is 56.1 Å². The highest BCUT2D eigenvalue weighted by molar-refractivity contribution is 5.92. The minimum absolute atomic E-state index is 0.127. The average molecular weight is 259 g/mol. The number of nitrogens with one attached hydrogen (secondary N) is 1. The number of hydrogen-bond donors (Lipinski definition) is 1. The molecule has 0 bridgehead atoms. The Labute approximate surface area is 112 Å². The average Bonchev–Trinajstić information content (AvgIpc) is 2.94. The molecule has 0 saturated carbocycles. The lowest BCUT2D eigenvalue weighted by atomic mass is 10.3. The standard InChI is InChI=1S/C14H17N3O2/c1-19-9-5-8-16-14(18)13-10-15-11-17(13)12-6-3-2-4-7-12/h2-4,6-7,10-11H,5,8-9H2,1H3,(H,16,18). The van der Waals surface area contributed by atoms with Gasteiger partial charge < -0.3 is 10.1 Å². The Morgan fingerprint density at radius 1 is 1.37 bits per heavy atom. The maximum atomic E-state index is 12.1. The van der Waals surface area contributed by atoms with Gasteiger partial charge in [0.15, 0.2) is 0 Å². The van der Waals surface area contributed by atoms with Gasteiger partial charge in [-0.05, 0) is 18.6 Å². The van der Waals surface area contributed by atoms with E-state index in [1.165, 1.54) is 0 Å². The van der Waals surface area contributed by atoms with E-state index in [0.717, 1.165) is 12.1 Å². The van der Waals surface area contributed by atoms with Crippen LogP contribution < -0.4 is 5.32 Å². The predicted molar refractivity (Wildman–Crippen MR) is 72.4 cm³/mol. The Morgan fingerprint density at radius 2 is 2.16 bits per heavy atom. The van der Waals surface area contributed by atoms with Crippen molar-refractivity contribution in [3.63, 3.8) is 0 Å². The van der Waals surface area contributed by atoms with Crippen LogP contribution in [0.4, 0.5) is 0 Å². The van der Waals surface area contributed by atoms with Crippen molar-refractivity contribution < 1.29 is 9.53 Å². The number of aromatic nitrogens is 2. The van der Waals surface area contributed by atoms with Gasteiger partial charge in [-0.2, -0.15) is 0 Å². The molecule has 0 aliphatic carbocycles. The van der Waals surface area contributed by atoms with E-state index in [0.29, 0.717) is 18.8 Å². The van der Waals surface area contributed by atoms with Crippen LogP contribution in [-0.2, 0) is 4.74 Å². The van der Waals surface area contributed by atoms with E-state index in [-0.39, 0.29) is 5.91 Å². The molecule has 0 aliphatic rings. The molecule has 0 saturated heterocycles. The van der Waals surface area contributed by atoms with Crippen molar-refractivity contribution in [2.45, 2.75) is 6.42 Å². The number of ether oxygens (including phenoxy) is 1. The van der Waals surface area contributed by atoms with Crippen molar-refractivity contribution in [3.05, 3.63) is 48.5 Å². The molecule has 0 fully saturated rings. The number of imidazole rings is 1. The summed E-state index contributed by atoms with van der Waals surface area (Å²) in [5, 5.41) is 2.85. The van der Waals surface area contributed by atoms with Gasteiger partial charge >= 0.3 is 0 Å². The summed E-state index contributed by atoms with van der Waals surface area (Å²) in [6, 6.07) is 9.66. The van der Waals surface area contributed by atoms with Crippen LogP contribution in [-0.4, -0.2) is 35.7 Å². The first-order chi connectivity index (χ1) is 9.33. The lowest BCUT2D eigenvalue weighted by molar-refractivity contribution is 0.0942. The molecule has 0 aliphatic heterocycles. The molecule has 2 aromatic rings. The smallest absolute Gasteiger partial charge is 0.269 e. The number of rotatable bonds is 6. The number of hydrogen-bond acceptors (Lipinski definition) is 3. The van der Waals surface area contributed by atoms with Gasteiger partial charge in [-0.15, -0.1) is 0 Å². The van der Waals surface area contributed by atoms with E-state index in [1.54, 1.807) is 24.2 Å². The van der Waals surface area contributed by atoms with Gasteiger partial charge in [0.05, 0.1) is 12.5 Å². The largest absolute Gasteiger partial charge is 0.385 e. The summed E-state index contributed by atoms with van der Waals surface area (Å²) in [4.78, 5) is 16.1. The molecule has 0 unspecified atom stereocenters. The zero-order valence-electron chi connectivity index (χ0n) is 10.9. The molecule has 5 nitrogen and oxygen atoms in total. The molecule has 1 aromatic heterocycles. The first kappa shape index (κ1) is 13.3. The van der Waals surface area contributed by atoms with Crippen molar-refractivity contribution in [1.29, 1.82) is 0 Å². The SMILES string of the molecule is COCCCNC(=O)c1cncn1-c1ccccc1. The fraction of sp³-hybridized carbons (Fsp3) is 0.286. The van der Waals surface area contributed by atoms with E-state index in [9.17, 15) is 4.79 Å². The van der Waals surface area contributed by atoms with E-state index in [2.05, 4.69) is 10.3 Å². The summed E-state index contributed by atoms with van der Waals surface area (Å²) in [6.45, 7) is 1.23. The molecule has 1 N–H and O–H groups in total. The minimum Gasteiger partial charge on any atom is -0.385 e. The maximum Gasteiger partial charge on any atom is 0.269 e. The molecule has 1 amide bonds. The molecule has 0 atom stereocenters. The Morgan fingerprint density at radius 3 is 2.89 bits per heavy atom. The first-order valence-electron chi connectivity index (χ1n) is 6.18. The van der Waals surface area contributed by atoms with Crippen LogP contribution in [0, 0.1) is 0 Å². The molecular weight excluding hydrogens is 242 g/mol. The van der Waals surface area contributed by atoms with E-state index in [4.69, 9.17) is 4.74 Å². The third kappa shape index (κ3) is 3.42. The van der Waals surface area contributed by atoms with E-state index < -0.39 is 0 Å². The van der Waals surface area contributed by atoms with Crippen molar-refractivity contribution in [2.24, 2.45) is 0 Å². The molecule has 5 heteroatoms. The van der Waals surface area contributed by atoms with Crippen molar-refractivity contribution in [3.8, 4) is 5.69 Å². The lowest BCUT2D eigenvalue weighted by Crippen LogP contribution is -2.27. The number of benzene rings is 1. The monoisotopic (exact) mass is 259 g/mol. The van der Waals surface area contributed by atoms with Gasteiger partial charge in [0.2, 0.25) is 0 Å². The summed E-state index contributed by atoms with van der Waals surface area (Å²) < 4.78 is 6.71. The highest BCUT2D eigenvalue weighted by Gasteiger charge is 2.11. The van der Waals surface area contributed by atoms with Crippen LogP contribution in [0.3, 0.4) is 0 Å². The lowest BCUT2D eigenvalue weighted by Gasteiger charge is -2.08. The summed E-state index contributed by atoms with van der Waals surface area (Å²) in [6.07, 6.45) is 4.00. The molecule has 1 heterocycles. The number of carbonyl (C=O) groups excluding carboxylic acids is 1. The second-order valence-corrected chi connectivity index (χ2v) is 4.09. The van der Waals surface area contributed by atoms with Crippen molar-refractivity contribution in [2.75, 3.05) is 20.3 Å². The number of methoxy groups -OCH3 is 1. The summed E-state index contributed by atoms with van der Waals surface area (Å²) >= 11 is 0. The molecule has 1 aromatic carbocycles. The van der Waals surface area contributed by atoms with Gasteiger partial charge in [0.25, 0.3) is 5.91 Å². The van der Waals surface area contributed by atoms with Crippen LogP contribution in [0.5, 0.6) is 0 Å². The third-order valence-electron chi connectivity index (χ3n) is 2.72. The quantitative estimate of drug-likeness (QED) is 0.802. The van der Waals surface area contributed by atoms with E-state index in [1.807, 2.05) is 30.3 Å². The van der Waals surface area contributed by atoms with Gasteiger partial charge in [-0.3, -0.25) is 9.36 Å². The second kappa shape index (κ2) is 6.70. The molecule has 19 heavy (non-hydrogen) atoms. The summed E-state index contributed by atoms with van der Waals surface area (Å²) in [7, 11) is 1.65. The third-order valence-corrected chi connectivity index (χ3v) is 2.72. The Bertz CT molecular complexity index is 522. The number of para-hydroxylation sites is 1. The maximum absolute atomic E-state index is 12.1. The summed E-state index contributed by atoms with van der Waals surface area (Å²) in [5.74, 6) is -0.127. The van der Waals surface area contributed by atoms with Crippen molar-refractivity contribution in [1.82, 2.24) is 14.9 Å². The highest BCUT2D eigenvalue weighted by Crippen LogP contribution is 2.10. The van der Waals surface area contributed by atoms with Crippen LogP contribution in [0.15, 0.2) is 42.9 Å². The summed E-state index contributed by atoms with van der Waals surface area (Å²) in [5.41, 5.74) is 1.45.